The molecule has 0 aliphatic heterocycles. The molecular weight excluding hydrogens is 181 g/mol. The predicted octanol–water partition coefficient (Wildman–Crippen LogP) is 1.59. The van der Waals surface area contributed by atoms with Crippen LogP contribution in [0.3, 0.4) is 0 Å². The summed E-state index contributed by atoms with van der Waals surface area (Å²) in [5.41, 5.74) is 6.77. The van der Waals surface area contributed by atoms with E-state index < -0.39 is 0 Å². The van der Waals surface area contributed by atoms with Crippen LogP contribution in [-0.2, 0) is 11.2 Å². The average molecular weight is 195 g/mol. The molecule has 2 nitrogen and oxygen atoms in total. The van der Waals surface area contributed by atoms with E-state index in [4.69, 9.17) is 5.73 Å². The first kappa shape index (κ1) is 10.9. The van der Waals surface area contributed by atoms with E-state index in [0.29, 0.717) is 18.4 Å². The third kappa shape index (κ3) is 2.92. The molecule has 1 aromatic carbocycles. The maximum Gasteiger partial charge on any atom is 0.146 e. The Labute approximate surface area is 82.9 Å². The lowest BCUT2D eigenvalue weighted by Crippen LogP contribution is -2.13. The van der Waals surface area contributed by atoms with E-state index >= 15 is 0 Å². The van der Waals surface area contributed by atoms with Gasteiger partial charge in [0.2, 0.25) is 0 Å². The van der Waals surface area contributed by atoms with Crippen LogP contribution in [-0.4, -0.2) is 12.3 Å². The van der Waals surface area contributed by atoms with Crippen LogP contribution in [0.25, 0.3) is 0 Å². The van der Waals surface area contributed by atoms with Crippen molar-refractivity contribution in [2.24, 2.45) is 5.73 Å². The molecule has 2 N–H and O–H groups in total. The minimum atomic E-state index is -0.209. The Balaban J connectivity index is 2.60. The van der Waals surface area contributed by atoms with Crippen molar-refractivity contribution in [2.75, 3.05) is 6.54 Å². The zero-order valence-electron chi connectivity index (χ0n) is 8.22. The first-order chi connectivity index (χ1) is 6.63. The third-order valence-electron chi connectivity index (χ3n) is 2.14. The molecule has 0 spiro atoms. The lowest BCUT2D eigenvalue weighted by atomic mass is 10.1. The molecule has 3 heteroatoms. The van der Waals surface area contributed by atoms with Crippen molar-refractivity contribution in [1.29, 1.82) is 0 Å². The number of hydrogen-bond acceptors (Lipinski definition) is 2. The van der Waals surface area contributed by atoms with Crippen LogP contribution in [0.2, 0.25) is 0 Å². The number of hydrogen-bond donors (Lipinski definition) is 1. The average Bonchev–Trinajstić information content (AvgIpc) is 2.19. The minimum absolute atomic E-state index is 0.0342. The quantitative estimate of drug-likeness (QED) is 0.792. The predicted molar refractivity (Wildman–Crippen MR) is 53.5 cm³/mol. The second kappa shape index (κ2) is 4.86. The molecule has 14 heavy (non-hydrogen) atoms. The highest BCUT2D eigenvalue weighted by molar-refractivity contribution is 5.80. The molecular formula is C11H14FNO. The van der Waals surface area contributed by atoms with Crippen molar-refractivity contribution in [3.63, 3.8) is 0 Å². The maximum absolute atomic E-state index is 12.9. The number of ketones is 1. The lowest BCUT2D eigenvalue weighted by molar-refractivity contribution is -0.117. The maximum atomic E-state index is 12.9. The molecule has 0 atom stereocenters. The van der Waals surface area contributed by atoms with Crippen molar-refractivity contribution in [3.8, 4) is 0 Å². The summed E-state index contributed by atoms with van der Waals surface area (Å²) < 4.78 is 12.9. The Bertz CT molecular complexity index is 336. The smallest absolute Gasteiger partial charge is 0.146 e. The normalized spacial score (nSPS) is 10.2. The van der Waals surface area contributed by atoms with E-state index in [0.717, 1.165) is 5.56 Å². The van der Waals surface area contributed by atoms with Gasteiger partial charge in [-0.2, -0.15) is 0 Å². The number of carbonyl (C=O) groups is 1. The molecule has 0 fully saturated rings. The second-order valence-corrected chi connectivity index (χ2v) is 3.33. The van der Waals surface area contributed by atoms with E-state index in [2.05, 4.69) is 0 Å². The van der Waals surface area contributed by atoms with Gasteiger partial charge in [-0.1, -0.05) is 12.1 Å². The summed E-state index contributed by atoms with van der Waals surface area (Å²) in [5.74, 6) is -0.175. The minimum Gasteiger partial charge on any atom is -0.324 e. The summed E-state index contributed by atoms with van der Waals surface area (Å²) in [6.45, 7) is 1.80. The van der Waals surface area contributed by atoms with E-state index in [1.165, 1.54) is 6.07 Å². The van der Waals surface area contributed by atoms with Gasteiger partial charge in [-0.15, -0.1) is 0 Å². The van der Waals surface area contributed by atoms with Crippen molar-refractivity contribution >= 4 is 5.78 Å². The Kier molecular flexibility index (Phi) is 3.77. The fourth-order valence-corrected chi connectivity index (χ4v) is 1.25. The molecule has 0 unspecified atom stereocenters. The zero-order valence-corrected chi connectivity index (χ0v) is 8.22. The van der Waals surface area contributed by atoms with Gasteiger partial charge in [0, 0.05) is 6.42 Å². The van der Waals surface area contributed by atoms with Gasteiger partial charge in [0.1, 0.15) is 11.6 Å². The van der Waals surface area contributed by atoms with Crippen molar-refractivity contribution < 1.29 is 9.18 Å². The number of aryl methyl sites for hydroxylation is 2. The summed E-state index contributed by atoms with van der Waals surface area (Å²) in [6.07, 6.45) is 1.07. The van der Waals surface area contributed by atoms with Crippen molar-refractivity contribution in [3.05, 3.63) is 35.1 Å². The monoisotopic (exact) mass is 195 g/mol. The first-order valence-corrected chi connectivity index (χ1v) is 4.60. The molecule has 0 aliphatic rings. The molecule has 1 rings (SSSR count). The van der Waals surface area contributed by atoms with Crippen LogP contribution < -0.4 is 5.73 Å². The largest absolute Gasteiger partial charge is 0.324 e. The summed E-state index contributed by atoms with van der Waals surface area (Å²) >= 11 is 0. The molecule has 0 aliphatic carbocycles. The highest BCUT2D eigenvalue weighted by Crippen LogP contribution is 2.10. The van der Waals surface area contributed by atoms with Crippen molar-refractivity contribution in [2.45, 2.75) is 19.8 Å². The van der Waals surface area contributed by atoms with Gasteiger partial charge in [0.05, 0.1) is 6.54 Å². The third-order valence-corrected chi connectivity index (χ3v) is 2.14. The van der Waals surface area contributed by atoms with Gasteiger partial charge in [0.15, 0.2) is 0 Å². The number of rotatable bonds is 4. The molecule has 0 bridgehead atoms. The molecule has 0 aromatic heterocycles. The van der Waals surface area contributed by atoms with Crippen LogP contribution in [0.5, 0.6) is 0 Å². The molecule has 76 valence electrons. The number of carbonyl (C=O) groups excluding carboxylic acids is 1. The highest BCUT2D eigenvalue weighted by Gasteiger charge is 2.02. The Morgan fingerprint density at radius 3 is 2.79 bits per heavy atom. The Hall–Kier alpha value is -1.22. The number of nitrogens with two attached hydrogens (primary N) is 1. The van der Waals surface area contributed by atoms with E-state index in [1.54, 1.807) is 19.1 Å². The van der Waals surface area contributed by atoms with Crippen LogP contribution >= 0.6 is 0 Å². The van der Waals surface area contributed by atoms with Gasteiger partial charge >= 0.3 is 0 Å². The van der Waals surface area contributed by atoms with Gasteiger partial charge < -0.3 is 5.73 Å². The Morgan fingerprint density at radius 2 is 2.21 bits per heavy atom. The molecule has 1 aromatic rings. The highest BCUT2D eigenvalue weighted by atomic mass is 19.1. The number of halogens is 1. The van der Waals surface area contributed by atoms with Gasteiger partial charge in [0.25, 0.3) is 0 Å². The topological polar surface area (TPSA) is 43.1 Å². The molecule has 0 amide bonds. The molecule has 0 heterocycles. The summed E-state index contributed by atoms with van der Waals surface area (Å²) in [4.78, 5) is 10.9. The fraction of sp³-hybridized carbons (Fsp3) is 0.364. The second-order valence-electron chi connectivity index (χ2n) is 3.33. The SMILES string of the molecule is Cc1cc(CCC(=O)CN)ccc1F. The van der Waals surface area contributed by atoms with Crippen molar-refractivity contribution in [1.82, 2.24) is 0 Å². The van der Waals surface area contributed by atoms with Crippen LogP contribution in [0.4, 0.5) is 4.39 Å². The van der Waals surface area contributed by atoms with Gasteiger partial charge in [-0.3, -0.25) is 4.79 Å². The van der Waals surface area contributed by atoms with E-state index in [-0.39, 0.29) is 18.1 Å². The van der Waals surface area contributed by atoms with Gasteiger partial charge in [-0.25, -0.2) is 4.39 Å². The fourth-order valence-electron chi connectivity index (χ4n) is 1.25. The number of benzene rings is 1. The van der Waals surface area contributed by atoms with E-state index in [9.17, 15) is 9.18 Å². The van der Waals surface area contributed by atoms with Crippen LogP contribution in [0.15, 0.2) is 18.2 Å². The zero-order chi connectivity index (χ0) is 10.6. The number of Topliss-reactive ketones (excluding diaryl/α,β-unsaturated/α-hetero) is 1. The summed E-state index contributed by atoms with van der Waals surface area (Å²) in [6, 6.07) is 4.89. The summed E-state index contributed by atoms with van der Waals surface area (Å²) in [7, 11) is 0. The molecule has 0 saturated carbocycles. The Morgan fingerprint density at radius 1 is 1.50 bits per heavy atom. The molecule has 0 saturated heterocycles. The van der Waals surface area contributed by atoms with Crippen LogP contribution in [0.1, 0.15) is 17.5 Å². The summed E-state index contributed by atoms with van der Waals surface area (Å²) in [5, 5.41) is 0. The van der Waals surface area contributed by atoms with E-state index in [1.807, 2.05) is 0 Å². The molecule has 0 radical (unpaired) electrons. The first-order valence-electron chi connectivity index (χ1n) is 4.60. The standard InChI is InChI=1S/C11H14FNO/c1-8-6-9(3-5-11(8)12)2-4-10(14)7-13/h3,5-6H,2,4,7,13H2,1H3. The van der Waals surface area contributed by atoms with Gasteiger partial charge in [-0.05, 0) is 30.5 Å². The lowest BCUT2D eigenvalue weighted by Gasteiger charge is -2.02. The van der Waals surface area contributed by atoms with Crippen LogP contribution in [0, 0.1) is 12.7 Å².